The van der Waals surface area contributed by atoms with Crippen LogP contribution in [0.25, 0.3) is 0 Å². The Morgan fingerprint density at radius 1 is 1.21 bits per heavy atom. The fourth-order valence-electron chi connectivity index (χ4n) is 1.47. The van der Waals surface area contributed by atoms with Gasteiger partial charge < -0.3 is 9.84 Å². The van der Waals surface area contributed by atoms with Crippen molar-refractivity contribution in [2.45, 2.75) is 26.2 Å². The van der Waals surface area contributed by atoms with Gasteiger partial charge in [-0.3, -0.25) is 9.69 Å². The number of hydrogen-bond acceptors (Lipinski definition) is 3. The summed E-state index contributed by atoms with van der Waals surface area (Å²) in [6, 6.07) is 7.18. The van der Waals surface area contributed by atoms with Crippen LogP contribution in [-0.2, 0) is 10.2 Å². The summed E-state index contributed by atoms with van der Waals surface area (Å²) in [5.74, 6) is -0.683. The van der Waals surface area contributed by atoms with E-state index >= 15 is 0 Å². The molecule has 19 heavy (non-hydrogen) atoms. The number of carbonyl (C=O) groups is 2. The van der Waals surface area contributed by atoms with Gasteiger partial charge in [0.2, 0.25) is 0 Å². The minimum atomic E-state index is -1.08. The Bertz CT molecular complexity index is 459. The molecule has 1 amide bonds. The zero-order valence-electron chi connectivity index (χ0n) is 11.6. The molecule has 1 aromatic carbocycles. The van der Waals surface area contributed by atoms with Crippen LogP contribution in [-0.4, -0.2) is 35.7 Å². The van der Waals surface area contributed by atoms with Gasteiger partial charge >= 0.3 is 12.1 Å². The Labute approximate surface area is 112 Å². The maximum Gasteiger partial charge on any atom is 0.415 e. The van der Waals surface area contributed by atoms with Gasteiger partial charge in [-0.15, -0.1) is 0 Å². The first-order valence-corrected chi connectivity index (χ1v) is 5.95. The van der Waals surface area contributed by atoms with Crippen LogP contribution in [0.2, 0.25) is 0 Å². The number of aliphatic carboxylic acids is 1. The summed E-state index contributed by atoms with van der Waals surface area (Å²) in [5.41, 5.74) is 1.16. The minimum Gasteiger partial charge on any atom is -0.480 e. The number of hydrogen-bond donors (Lipinski definition) is 1. The second kappa shape index (κ2) is 5.73. The van der Waals surface area contributed by atoms with Gasteiger partial charge in [-0.25, -0.2) is 4.79 Å². The topological polar surface area (TPSA) is 66.8 Å². The predicted molar refractivity (Wildman–Crippen MR) is 71.4 cm³/mol. The summed E-state index contributed by atoms with van der Waals surface area (Å²) in [4.78, 5) is 23.0. The molecule has 0 aromatic heterocycles. The van der Waals surface area contributed by atoms with E-state index in [1.807, 2.05) is 12.1 Å². The van der Waals surface area contributed by atoms with Crippen LogP contribution in [0.5, 0.6) is 5.75 Å². The van der Waals surface area contributed by atoms with Gasteiger partial charge in [0.15, 0.2) is 0 Å². The molecule has 0 bridgehead atoms. The molecule has 0 aliphatic rings. The van der Waals surface area contributed by atoms with E-state index in [4.69, 9.17) is 9.84 Å². The number of likely N-dealkylation sites (N-methyl/N-ethyl adjacent to an activating group) is 1. The molecule has 0 heterocycles. The van der Waals surface area contributed by atoms with E-state index in [9.17, 15) is 9.59 Å². The van der Waals surface area contributed by atoms with Crippen LogP contribution < -0.4 is 4.74 Å². The monoisotopic (exact) mass is 265 g/mol. The standard InChI is InChI=1S/C14H19NO4/c1-14(2,3)10-5-7-11(8-6-10)19-13(18)15(4)9-12(16)17/h5-8H,9H2,1-4H3,(H,16,17). The quantitative estimate of drug-likeness (QED) is 0.911. The molecule has 0 fully saturated rings. The Kier molecular flexibility index (Phi) is 4.53. The first-order chi connectivity index (χ1) is 8.70. The third-order valence-corrected chi connectivity index (χ3v) is 2.61. The third-order valence-electron chi connectivity index (χ3n) is 2.61. The minimum absolute atomic E-state index is 0.0304. The number of nitrogens with zero attached hydrogens (tertiary/aromatic N) is 1. The number of amides is 1. The molecule has 0 atom stereocenters. The molecule has 5 heteroatoms. The Morgan fingerprint density at radius 2 is 1.74 bits per heavy atom. The van der Waals surface area contributed by atoms with Gasteiger partial charge in [0.05, 0.1) is 0 Å². The van der Waals surface area contributed by atoms with Crippen LogP contribution in [0.15, 0.2) is 24.3 Å². The van der Waals surface area contributed by atoms with Crippen LogP contribution in [0, 0.1) is 0 Å². The van der Waals surface area contributed by atoms with Gasteiger partial charge in [-0.05, 0) is 23.1 Å². The lowest BCUT2D eigenvalue weighted by Gasteiger charge is -2.19. The highest BCUT2D eigenvalue weighted by molar-refractivity contribution is 5.77. The summed E-state index contributed by atoms with van der Waals surface area (Å²) >= 11 is 0. The molecular formula is C14H19NO4. The SMILES string of the molecule is CN(CC(=O)O)C(=O)Oc1ccc(C(C)(C)C)cc1. The van der Waals surface area contributed by atoms with Gasteiger partial charge in [0.1, 0.15) is 12.3 Å². The summed E-state index contributed by atoms with van der Waals surface area (Å²) in [5, 5.41) is 8.58. The number of benzene rings is 1. The highest BCUT2D eigenvalue weighted by atomic mass is 16.6. The lowest BCUT2D eigenvalue weighted by Crippen LogP contribution is -2.34. The second-order valence-electron chi connectivity index (χ2n) is 5.39. The van der Waals surface area contributed by atoms with Crippen molar-refractivity contribution in [1.82, 2.24) is 4.90 Å². The summed E-state index contributed by atoms with van der Waals surface area (Å²) < 4.78 is 5.07. The van der Waals surface area contributed by atoms with E-state index in [-0.39, 0.29) is 12.0 Å². The zero-order chi connectivity index (χ0) is 14.6. The molecule has 104 valence electrons. The highest BCUT2D eigenvalue weighted by Gasteiger charge is 2.16. The molecule has 1 aromatic rings. The fraction of sp³-hybridized carbons (Fsp3) is 0.429. The van der Waals surface area contributed by atoms with Crippen LogP contribution in [0.4, 0.5) is 4.79 Å². The van der Waals surface area contributed by atoms with Gasteiger partial charge in [-0.1, -0.05) is 32.9 Å². The predicted octanol–water partition coefficient (Wildman–Crippen LogP) is 2.50. The van der Waals surface area contributed by atoms with Crippen molar-refractivity contribution in [1.29, 1.82) is 0 Å². The lowest BCUT2D eigenvalue weighted by atomic mass is 9.87. The number of carbonyl (C=O) groups excluding carboxylic acids is 1. The molecule has 0 saturated carbocycles. The molecular weight excluding hydrogens is 246 g/mol. The van der Waals surface area contributed by atoms with Crippen molar-refractivity contribution in [2.24, 2.45) is 0 Å². The van der Waals surface area contributed by atoms with E-state index in [1.54, 1.807) is 12.1 Å². The highest BCUT2D eigenvalue weighted by Crippen LogP contribution is 2.24. The molecule has 0 saturated heterocycles. The molecule has 0 spiro atoms. The number of rotatable bonds is 3. The summed E-state index contributed by atoms with van der Waals surface area (Å²) in [7, 11) is 1.37. The molecule has 0 radical (unpaired) electrons. The van der Waals surface area contributed by atoms with Crippen LogP contribution >= 0.6 is 0 Å². The van der Waals surface area contributed by atoms with Gasteiger partial charge in [0.25, 0.3) is 0 Å². The number of carboxylic acids is 1. The molecule has 0 aliphatic carbocycles. The second-order valence-corrected chi connectivity index (χ2v) is 5.39. The molecule has 0 unspecified atom stereocenters. The van der Waals surface area contributed by atoms with Crippen molar-refractivity contribution in [3.63, 3.8) is 0 Å². The van der Waals surface area contributed by atoms with E-state index < -0.39 is 12.1 Å². The maximum atomic E-state index is 11.6. The molecule has 1 N–H and O–H groups in total. The first-order valence-electron chi connectivity index (χ1n) is 5.95. The van der Waals surface area contributed by atoms with E-state index in [0.29, 0.717) is 5.75 Å². The molecule has 0 aliphatic heterocycles. The molecule has 1 rings (SSSR count). The fourth-order valence-corrected chi connectivity index (χ4v) is 1.47. The lowest BCUT2D eigenvalue weighted by molar-refractivity contribution is -0.137. The average Bonchev–Trinajstić information content (AvgIpc) is 2.27. The summed E-state index contributed by atoms with van der Waals surface area (Å²) in [6.45, 7) is 5.89. The van der Waals surface area contributed by atoms with Crippen molar-refractivity contribution >= 4 is 12.1 Å². The maximum absolute atomic E-state index is 11.6. The van der Waals surface area contributed by atoms with Crippen molar-refractivity contribution in [3.05, 3.63) is 29.8 Å². The average molecular weight is 265 g/mol. The summed E-state index contributed by atoms with van der Waals surface area (Å²) in [6.07, 6.45) is -0.689. The smallest absolute Gasteiger partial charge is 0.415 e. The number of carboxylic acid groups (broad SMARTS) is 1. The van der Waals surface area contributed by atoms with E-state index in [2.05, 4.69) is 20.8 Å². The van der Waals surface area contributed by atoms with E-state index in [1.165, 1.54) is 7.05 Å². The largest absolute Gasteiger partial charge is 0.480 e. The molecule has 5 nitrogen and oxygen atoms in total. The van der Waals surface area contributed by atoms with Crippen LogP contribution in [0.1, 0.15) is 26.3 Å². The van der Waals surface area contributed by atoms with Crippen molar-refractivity contribution in [2.75, 3.05) is 13.6 Å². The van der Waals surface area contributed by atoms with Crippen molar-refractivity contribution < 1.29 is 19.4 Å². The number of ether oxygens (including phenoxy) is 1. The third kappa shape index (κ3) is 4.62. The normalized spacial score (nSPS) is 10.9. The Balaban J connectivity index is 2.68. The zero-order valence-corrected chi connectivity index (χ0v) is 11.6. The van der Waals surface area contributed by atoms with Gasteiger partial charge in [-0.2, -0.15) is 0 Å². The van der Waals surface area contributed by atoms with E-state index in [0.717, 1.165) is 10.5 Å². The van der Waals surface area contributed by atoms with Crippen molar-refractivity contribution in [3.8, 4) is 5.75 Å². The Hall–Kier alpha value is -2.04. The first kappa shape index (κ1) is 15.0. The van der Waals surface area contributed by atoms with Gasteiger partial charge in [0, 0.05) is 7.05 Å². The Morgan fingerprint density at radius 3 is 2.16 bits per heavy atom. The van der Waals surface area contributed by atoms with Crippen LogP contribution in [0.3, 0.4) is 0 Å².